The summed E-state index contributed by atoms with van der Waals surface area (Å²) in [6.45, 7) is 6.63. The van der Waals surface area contributed by atoms with Gasteiger partial charge >= 0.3 is 0 Å². The van der Waals surface area contributed by atoms with E-state index in [1.54, 1.807) is 7.05 Å². The first kappa shape index (κ1) is 14.9. The number of rotatable bonds is 4. The molecule has 1 saturated heterocycles. The number of hydrogen-bond donors (Lipinski definition) is 3. The van der Waals surface area contributed by atoms with Crippen LogP contribution >= 0.6 is 0 Å². The molecule has 0 aromatic rings. The van der Waals surface area contributed by atoms with Gasteiger partial charge in [-0.1, -0.05) is 0 Å². The minimum absolute atomic E-state index is 0.00301. The van der Waals surface area contributed by atoms with Crippen LogP contribution in [0.25, 0.3) is 0 Å². The Balaban J connectivity index is 2.35. The fourth-order valence-corrected chi connectivity index (χ4v) is 1.86. The molecule has 0 bridgehead atoms. The zero-order valence-corrected chi connectivity index (χ0v) is 11.5. The van der Waals surface area contributed by atoms with Gasteiger partial charge in [-0.05, 0) is 27.8 Å². The smallest absolute Gasteiger partial charge is 0.239 e. The van der Waals surface area contributed by atoms with Gasteiger partial charge in [0.25, 0.3) is 0 Å². The number of likely N-dealkylation sites (N-methyl/N-ethyl adjacent to an activating group) is 1. The van der Waals surface area contributed by atoms with Crippen molar-refractivity contribution < 1.29 is 14.3 Å². The van der Waals surface area contributed by atoms with Gasteiger partial charge in [-0.2, -0.15) is 0 Å². The molecule has 6 nitrogen and oxygen atoms in total. The van der Waals surface area contributed by atoms with E-state index in [4.69, 9.17) is 4.74 Å². The van der Waals surface area contributed by atoms with E-state index in [9.17, 15) is 9.59 Å². The Bertz CT molecular complexity index is 312. The van der Waals surface area contributed by atoms with E-state index in [1.165, 1.54) is 0 Å². The Morgan fingerprint density at radius 3 is 2.50 bits per heavy atom. The number of ether oxygens (including phenoxy) is 1. The third-order valence-electron chi connectivity index (χ3n) is 2.73. The molecule has 1 rings (SSSR count). The summed E-state index contributed by atoms with van der Waals surface area (Å²) < 4.78 is 5.25. The van der Waals surface area contributed by atoms with Crippen LogP contribution in [0, 0.1) is 5.92 Å². The summed E-state index contributed by atoms with van der Waals surface area (Å²) in [6, 6.07) is 0.0238. The standard InChI is InChI=1S/C12H23N3O3/c1-12(2,3)15-10(16)5-14-11(17)8-6-18-7-9(8)13-4/h8-9,13H,5-7H2,1-4H3,(H,14,17)(H,15,16). The first-order chi connectivity index (χ1) is 8.33. The summed E-state index contributed by atoms with van der Waals surface area (Å²) in [4.78, 5) is 23.4. The van der Waals surface area contributed by atoms with Crippen LogP contribution in [-0.2, 0) is 14.3 Å². The van der Waals surface area contributed by atoms with Gasteiger partial charge in [0.15, 0.2) is 0 Å². The second-order valence-electron chi connectivity index (χ2n) is 5.56. The zero-order chi connectivity index (χ0) is 13.8. The fraction of sp³-hybridized carbons (Fsp3) is 0.833. The molecule has 0 spiro atoms. The van der Waals surface area contributed by atoms with Gasteiger partial charge in [0.05, 0.1) is 25.7 Å². The van der Waals surface area contributed by atoms with Crippen molar-refractivity contribution in [3.05, 3.63) is 0 Å². The lowest BCUT2D eigenvalue weighted by atomic mass is 10.0. The summed E-state index contributed by atoms with van der Waals surface area (Å²) in [5.74, 6) is -0.552. The summed E-state index contributed by atoms with van der Waals surface area (Å²) in [5, 5.41) is 8.46. The average molecular weight is 257 g/mol. The Labute approximate surface area is 108 Å². The third kappa shape index (κ3) is 4.62. The number of hydrogen-bond acceptors (Lipinski definition) is 4. The molecule has 0 radical (unpaired) electrons. The van der Waals surface area contributed by atoms with Crippen LogP contribution in [0.2, 0.25) is 0 Å². The molecule has 1 heterocycles. The maximum absolute atomic E-state index is 11.9. The van der Waals surface area contributed by atoms with Crippen LogP contribution in [0.4, 0.5) is 0 Å². The molecule has 3 N–H and O–H groups in total. The molecular formula is C12H23N3O3. The number of carbonyl (C=O) groups excluding carboxylic acids is 2. The molecule has 2 atom stereocenters. The molecule has 2 unspecified atom stereocenters. The monoisotopic (exact) mass is 257 g/mol. The van der Waals surface area contributed by atoms with Gasteiger partial charge in [0.1, 0.15) is 0 Å². The van der Waals surface area contributed by atoms with Gasteiger partial charge in [-0.25, -0.2) is 0 Å². The van der Waals surface area contributed by atoms with Crippen molar-refractivity contribution in [2.24, 2.45) is 5.92 Å². The predicted octanol–water partition coefficient (Wildman–Crippen LogP) is -0.748. The second-order valence-corrected chi connectivity index (χ2v) is 5.56. The summed E-state index contributed by atoms with van der Waals surface area (Å²) in [5.41, 5.74) is -0.286. The van der Waals surface area contributed by atoms with E-state index in [-0.39, 0.29) is 35.9 Å². The lowest BCUT2D eigenvalue weighted by molar-refractivity contribution is -0.129. The minimum atomic E-state index is -0.286. The van der Waals surface area contributed by atoms with Crippen molar-refractivity contribution in [3.8, 4) is 0 Å². The molecule has 2 amide bonds. The van der Waals surface area contributed by atoms with Crippen molar-refractivity contribution in [1.29, 1.82) is 0 Å². The van der Waals surface area contributed by atoms with Crippen LogP contribution in [0.3, 0.4) is 0 Å². The topological polar surface area (TPSA) is 79.5 Å². The molecule has 0 aromatic heterocycles. The summed E-state index contributed by atoms with van der Waals surface area (Å²) in [6.07, 6.45) is 0. The Kier molecular flexibility index (Phi) is 5.10. The third-order valence-corrected chi connectivity index (χ3v) is 2.73. The first-order valence-corrected chi connectivity index (χ1v) is 6.17. The molecular weight excluding hydrogens is 234 g/mol. The van der Waals surface area contributed by atoms with Crippen molar-refractivity contribution >= 4 is 11.8 Å². The Morgan fingerprint density at radius 1 is 1.28 bits per heavy atom. The van der Waals surface area contributed by atoms with Crippen molar-refractivity contribution in [3.63, 3.8) is 0 Å². The van der Waals surface area contributed by atoms with Crippen LogP contribution in [0.1, 0.15) is 20.8 Å². The minimum Gasteiger partial charge on any atom is -0.379 e. The maximum atomic E-state index is 11.9. The van der Waals surface area contributed by atoms with E-state index in [0.717, 1.165) is 0 Å². The fourth-order valence-electron chi connectivity index (χ4n) is 1.86. The van der Waals surface area contributed by atoms with Crippen molar-refractivity contribution in [2.45, 2.75) is 32.4 Å². The van der Waals surface area contributed by atoms with Gasteiger partial charge in [0, 0.05) is 11.6 Å². The van der Waals surface area contributed by atoms with Gasteiger partial charge < -0.3 is 20.7 Å². The number of amides is 2. The zero-order valence-electron chi connectivity index (χ0n) is 11.5. The lowest BCUT2D eigenvalue weighted by Gasteiger charge is -2.21. The molecule has 1 fully saturated rings. The number of carbonyl (C=O) groups is 2. The lowest BCUT2D eigenvalue weighted by Crippen LogP contribution is -2.48. The highest BCUT2D eigenvalue weighted by molar-refractivity contribution is 5.86. The Morgan fingerprint density at radius 2 is 1.94 bits per heavy atom. The van der Waals surface area contributed by atoms with Crippen molar-refractivity contribution in [2.75, 3.05) is 26.8 Å². The second kappa shape index (κ2) is 6.15. The van der Waals surface area contributed by atoms with Gasteiger partial charge in [-0.15, -0.1) is 0 Å². The summed E-state index contributed by atoms with van der Waals surface area (Å²) in [7, 11) is 1.80. The first-order valence-electron chi connectivity index (χ1n) is 6.17. The maximum Gasteiger partial charge on any atom is 0.239 e. The molecule has 0 aromatic carbocycles. The highest BCUT2D eigenvalue weighted by Gasteiger charge is 2.33. The predicted molar refractivity (Wildman–Crippen MR) is 68.1 cm³/mol. The van der Waals surface area contributed by atoms with Gasteiger partial charge in [0.2, 0.25) is 11.8 Å². The average Bonchev–Trinajstić information content (AvgIpc) is 2.71. The van der Waals surface area contributed by atoms with Gasteiger partial charge in [-0.3, -0.25) is 9.59 Å². The van der Waals surface area contributed by atoms with E-state index < -0.39 is 0 Å². The molecule has 1 aliphatic rings. The Hall–Kier alpha value is -1.14. The van der Waals surface area contributed by atoms with E-state index in [0.29, 0.717) is 13.2 Å². The normalized spacial score (nSPS) is 23.8. The number of nitrogens with one attached hydrogen (secondary N) is 3. The van der Waals surface area contributed by atoms with E-state index in [2.05, 4.69) is 16.0 Å². The molecule has 104 valence electrons. The van der Waals surface area contributed by atoms with Crippen LogP contribution < -0.4 is 16.0 Å². The SMILES string of the molecule is CNC1COCC1C(=O)NCC(=O)NC(C)(C)C. The molecule has 0 saturated carbocycles. The van der Waals surface area contributed by atoms with E-state index in [1.807, 2.05) is 20.8 Å². The highest BCUT2D eigenvalue weighted by Crippen LogP contribution is 2.13. The molecule has 6 heteroatoms. The molecule has 1 aliphatic heterocycles. The largest absolute Gasteiger partial charge is 0.379 e. The quantitative estimate of drug-likeness (QED) is 0.619. The highest BCUT2D eigenvalue weighted by atomic mass is 16.5. The summed E-state index contributed by atoms with van der Waals surface area (Å²) >= 11 is 0. The van der Waals surface area contributed by atoms with Crippen LogP contribution in [0.15, 0.2) is 0 Å². The molecule has 0 aliphatic carbocycles. The molecule has 18 heavy (non-hydrogen) atoms. The van der Waals surface area contributed by atoms with E-state index >= 15 is 0 Å². The van der Waals surface area contributed by atoms with Crippen molar-refractivity contribution in [1.82, 2.24) is 16.0 Å². The van der Waals surface area contributed by atoms with Crippen LogP contribution in [-0.4, -0.2) is 50.2 Å². The van der Waals surface area contributed by atoms with Crippen LogP contribution in [0.5, 0.6) is 0 Å².